The van der Waals surface area contributed by atoms with Crippen molar-refractivity contribution in [2.24, 2.45) is 0 Å². The van der Waals surface area contributed by atoms with Gasteiger partial charge in [0.15, 0.2) is 0 Å². The Morgan fingerprint density at radius 2 is 1.88 bits per heavy atom. The Kier molecular flexibility index (Phi) is 5.59. The van der Waals surface area contributed by atoms with Gasteiger partial charge in [-0.25, -0.2) is 17.9 Å². The number of amides is 2. The van der Waals surface area contributed by atoms with Crippen LogP contribution in [0.4, 0.5) is 10.7 Å². The lowest BCUT2D eigenvalue weighted by atomic mass is 10.2. The smallest absolute Gasteiger partial charge is 0.335 e. The topological polar surface area (TPSA) is 123 Å². The molecule has 0 spiro atoms. The van der Waals surface area contributed by atoms with Crippen LogP contribution in [-0.2, 0) is 10.0 Å². The molecule has 1 aromatic heterocycles. The fourth-order valence-electron chi connectivity index (χ4n) is 1.90. The number of carbonyl (C=O) groups excluding carboxylic acids is 1. The monoisotopic (exact) mass is 381 g/mol. The number of hydrogen-bond donors (Lipinski definition) is 2. The van der Waals surface area contributed by atoms with Crippen LogP contribution in [0.5, 0.6) is 6.01 Å². The molecule has 1 aromatic carbocycles. The zero-order chi connectivity index (χ0) is 18.6. The van der Waals surface area contributed by atoms with E-state index in [4.69, 9.17) is 17.0 Å². The highest BCUT2D eigenvalue weighted by molar-refractivity contribution is 7.90. The first-order valence-electron chi connectivity index (χ1n) is 6.93. The molecule has 9 nitrogen and oxygen atoms in total. The van der Waals surface area contributed by atoms with Crippen LogP contribution in [0.25, 0.3) is 0 Å². The van der Waals surface area contributed by atoms with Gasteiger partial charge in [-0.3, -0.25) is 5.32 Å². The molecule has 0 radical (unpaired) electrons. The number of thiocarbonyl (C=S) groups is 1. The van der Waals surface area contributed by atoms with Crippen LogP contribution in [0.1, 0.15) is 18.3 Å². The van der Waals surface area contributed by atoms with Gasteiger partial charge < -0.3 is 4.74 Å². The van der Waals surface area contributed by atoms with Gasteiger partial charge in [-0.1, -0.05) is 30.4 Å². The lowest BCUT2D eigenvalue weighted by Gasteiger charge is -2.11. The second-order valence-electron chi connectivity index (χ2n) is 4.80. The van der Waals surface area contributed by atoms with Gasteiger partial charge in [-0.15, -0.1) is 0 Å². The van der Waals surface area contributed by atoms with Crippen molar-refractivity contribution in [2.45, 2.75) is 18.7 Å². The highest BCUT2D eigenvalue weighted by Crippen LogP contribution is 2.16. The van der Waals surface area contributed by atoms with E-state index in [9.17, 15) is 13.2 Å². The molecule has 0 aliphatic carbocycles. The van der Waals surface area contributed by atoms with Crippen LogP contribution in [0.3, 0.4) is 0 Å². The summed E-state index contributed by atoms with van der Waals surface area (Å²) < 4.78 is 31.6. The Balaban J connectivity index is 2.23. The zero-order valence-electron chi connectivity index (χ0n) is 13.6. The Hall–Kier alpha value is -2.66. The Morgan fingerprint density at radius 1 is 1.20 bits per heavy atom. The van der Waals surface area contributed by atoms with Crippen molar-refractivity contribution in [1.29, 1.82) is 0 Å². The number of rotatable bonds is 5. The van der Waals surface area contributed by atoms with Crippen molar-refractivity contribution in [3.05, 3.63) is 35.7 Å². The van der Waals surface area contributed by atoms with E-state index in [-0.39, 0.29) is 16.9 Å². The molecule has 0 atom stereocenters. The number of urea groups is 1. The Bertz CT molecular complexity index is 931. The fraction of sp³-hybridized carbons (Fsp3) is 0.214. The molecule has 0 aliphatic rings. The van der Waals surface area contributed by atoms with Gasteiger partial charge in [-0.05, 0) is 19.9 Å². The molecule has 2 aromatic rings. The number of nitrogens with one attached hydrogen (secondary N) is 2. The quantitative estimate of drug-likeness (QED) is 0.589. The number of hydrogen-bond acceptors (Lipinski definition) is 8. The van der Waals surface area contributed by atoms with Crippen molar-refractivity contribution in [3.63, 3.8) is 0 Å². The Labute approximate surface area is 149 Å². The molecule has 2 amide bonds. The standard InChI is InChI=1S/C14H15N5O4S2/c1-8(24)10-6-4-5-7-11(10)25(21,22)19-13(20)17-12-15-9(2)16-14(18-12)23-3/h4-7H,1-3H3,(H2,15,16,17,18,19,20). The molecule has 0 saturated heterocycles. The molecule has 2 N–H and O–H groups in total. The maximum Gasteiger partial charge on any atom is 0.335 e. The first-order chi connectivity index (χ1) is 11.7. The third kappa shape index (κ3) is 4.67. The van der Waals surface area contributed by atoms with Gasteiger partial charge in [0.1, 0.15) is 5.82 Å². The highest BCUT2D eigenvalue weighted by Gasteiger charge is 2.22. The minimum absolute atomic E-state index is 0.00710. The molecule has 132 valence electrons. The molecule has 2 rings (SSSR count). The van der Waals surface area contributed by atoms with E-state index in [1.807, 2.05) is 4.72 Å². The van der Waals surface area contributed by atoms with Crippen LogP contribution in [0, 0.1) is 6.92 Å². The number of anilines is 1. The van der Waals surface area contributed by atoms with Crippen LogP contribution < -0.4 is 14.8 Å². The summed E-state index contributed by atoms with van der Waals surface area (Å²) in [5.41, 5.74) is 0.343. The average Bonchev–Trinajstić information content (AvgIpc) is 2.53. The lowest BCUT2D eigenvalue weighted by molar-refractivity contribution is 0.256. The summed E-state index contributed by atoms with van der Waals surface area (Å²) in [7, 11) is -2.78. The predicted octanol–water partition coefficient (Wildman–Crippen LogP) is 1.44. The summed E-state index contributed by atoms with van der Waals surface area (Å²) in [6.45, 7) is 3.17. The summed E-state index contributed by atoms with van der Waals surface area (Å²) in [4.78, 5) is 23.9. The molecular weight excluding hydrogens is 366 g/mol. The van der Waals surface area contributed by atoms with Gasteiger partial charge in [0.25, 0.3) is 10.0 Å². The van der Waals surface area contributed by atoms with Gasteiger partial charge >= 0.3 is 12.0 Å². The van der Waals surface area contributed by atoms with Crippen molar-refractivity contribution in [3.8, 4) is 6.01 Å². The molecule has 0 bridgehead atoms. The number of ether oxygens (including phenoxy) is 1. The molecule has 0 unspecified atom stereocenters. The number of aromatic nitrogens is 3. The third-order valence-corrected chi connectivity index (χ3v) is 4.53. The highest BCUT2D eigenvalue weighted by atomic mass is 32.2. The van der Waals surface area contributed by atoms with E-state index in [0.29, 0.717) is 16.3 Å². The lowest BCUT2D eigenvalue weighted by Crippen LogP contribution is -2.35. The van der Waals surface area contributed by atoms with Crippen LogP contribution in [0.15, 0.2) is 29.2 Å². The number of carbonyl (C=O) groups is 1. The Morgan fingerprint density at radius 3 is 2.52 bits per heavy atom. The normalized spacial score (nSPS) is 10.8. The molecule has 0 fully saturated rings. The number of benzene rings is 1. The summed E-state index contributed by atoms with van der Waals surface area (Å²) in [6, 6.07) is 5.08. The molecule has 0 aliphatic heterocycles. The predicted molar refractivity (Wildman–Crippen MR) is 94.3 cm³/mol. The van der Waals surface area contributed by atoms with E-state index < -0.39 is 16.1 Å². The molecular formula is C14H15N5O4S2. The minimum Gasteiger partial charge on any atom is -0.467 e. The second-order valence-corrected chi connectivity index (χ2v) is 7.07. The van der Waals surface area contributed by atoms with Crippen molar-refractivity contribution in [1.82, 2.24) is 19.7 Å². The number of aryl methyl sites for hydroxylation is 1. The summed E-state index contributed by atoms with van der Waals surface area (Å²) >= 11 is 5.05. The van der Waals surface area contributed by atoms with E-state index in [1.54, 1.807) is 26.0 Å². The largest absolute Gasteiger partial charge is 0.467 e. The van der Waals surface area contributed by atoms with Crippen molar-refractivity contribution < 1.29 is 17.9 Å². The average molecular weight is 381 g/mol. The summed E-state index contributed by atoms with van der Waals surface area (Å²) in [5, 5.41) is 2.23. The minimum atomic E-state index is -4.13. The van der Waals surface area contributed by atoms with Gasteiger partial charge in [0.2, 0.25) is 5.95 Å². The second kappa shape index (κ2) is 7.49. The molecule has 11 heteroatoms. The van der Waals surface area contributed by atoms with Crippen LogP contribution in [0.2, 0.25) is 0 Å². The third-order valence-electron chi connectivity index (χ3n) is 2.92. The maximum absolute atomic E-state index is 12.4. The van der Waals surface area contributed by atoms with Crippen LogP contribution >= 0.6 is 12.2 Å². The van der Waals surface area contributed by atoms with Crippen molar-refractivity contribution in [2.75, 3.05) is 12.4 Å². The first kappa shape index (κ1) is 18.7. The van der Waals surface area contributed by atoms with Crippen molar-refractivity contribution >= 4 is 39.1 Å². The molecule has 1 heterocycles. The molecule has 0 saturated carbocycles. The van der Waals surface area contributed by atoms with E-state index in [0.717, 1.165) is 0 Å². The zero-order valence-corrected chi connectivity index (χ0v) is 15.2. The number of sulfonamides is 1. The van der Waals surface area contributed by atoms with Gasteiger partial charge in [-0.2, -0.15) is 15.0 Å². The van der Waals surface area contributed by atoms with Crippen LogP contribution in [-0.4, -0.2) is 41.4 Å². The summed E-state index contributed by atoms with van der Waals surface area (Å²) in [5.74, 6) is 0.156. The van der Waals surface area contributed by atoms with Gasteiger partial charge in [0, 0.05) is 10.4 Å². The van der Waals surface area contributed by atoms with Gasteiger partial charge in [0.05, 0.1) is 12.0 Å². The maximum atomic E-state index is 12.4. The first-order valence-corrected chi connectivity index (χ1v) is 8.82. The fourth-order valence-corrected chi connectivity index (χ4v) is 3.32. The molecule has 25 heavy (non-hydrogen) atoms. The summed E-state index contributed by atoms with van der Waals surface area (Å²) in [6.07, 6.45) is 0. The number of nitrogens with zero attached hydrogens (tertiary/aromatic N) is 3. The number of methoxy groups -OCH3 is 1. The van der Waals surface area contributed by atoms with E-state index in [2.05, 4.69) is 20.3 Å². The van der Waals surface area contributed by atoms with E-state index >= 15 is 0 Å². The van der Waals surface area contributed by atoms with E-state index in [1.165, 1.54) is 19.2 Å². The SMILES string of the molecule is COc1nc(C)nc(NC(=O)NS(=O)(=O)c2ccccc2C(C)=S)n1.